The maximum Gasteiger partial charge on any atom is 0.306 e. The highest BCUT2D eigenvalue weighted by Gasteiger charge is 2.17. The summed E-state index contributed by atoms with van der Waals surface area (Å²) in [6.45, 7) is 7.51. The number of esters is 2. The third kappa shape index (κ3) is 49.5. The second kappa shape index (κ2) is 52.2. The monoisotopic (exact) mass is 861 g/mol. The van der Waals surface area contributed by atoms with Crippen molar-refractivity contribution in [3.05, 3.63) is 97.2 Å². The fraction of sp³-hybridized carbons (Fsp3) is 0.684. The molecule has 0 aromatic rings. The van der Waals surface area contributed by atoms with E-state index in [1.165, 1.54) is 83.5 Å². The fourth-order valence-electron chi connectivity index (χ4n) is 6.80. The van der Waals surface area contributed by atoms with Gasteiger partial charge in [0, 0.05) is 19.4 Å². The van der Waals surface area contributed by atoms with Gasteiger partial charge in [-0.3, -0.25) is 9.59 Å². The Hall–Kier alpha value is -3.18. The van der Waals surface area contributed by atoms with Crippen molar-refractivity contribution in [2.45, 2.75) is 232 Å². The number of allylic oxidation sites excluding steroid dienone is 16. The predicted octanol–water partition coefficient (Wildman–Crippen LogP) is 17.5. The summed E-state index contributed by atoms with van der Waals surface area (Å²) < 4.78 is 17.4. The van der Waals surface area contributed by atoms with Crippen molar-refractivity contribution in [2.75, 3.05) is 19.8 Å². The minimum atomic E-state index is -0.569. The zero-order chi connectivity index (χ0) is 44.9. The molecule has 0 saturated heterocycles. The smallest absolute Gasteiger partial charge is 0.306 e. The summed E-state index contributed by atoms with van der Waals surface area (Å²) in [4.78, 5) is 25.4. The van der Waals surface area contributed by atoms with Crippen molar-refractivity contribution in [3.8, 4) is 0 Å². The average molecular weight is 861 g/mol. The van der Waals surface area contributed by atoms with Crippen LogP contribution in [0.2, 0.25) is 0 Å². The third-order valence-electron chi connectivity index (χ3n) is 10.6. The van der Waals surface area contributed by atoms with Gasteiger partial charge in [-0.05, 0) is 116 Å². The van der Waals surface area contributed by atoms with Crippen LogP contribution in [0.15, 0.2) is 97.2 Å². The summed E-state index contributed by atoms with van der Waals surface area (Å²) in [5.41, 5.74) is 0. The lowest BCUT2D eigenvalue weighted by atomic mass is 10.1. The van der Waals surface area contributed by atoms with Crippen molar-refractivity contribution in [2.24, 2.45) is 0 Å². The Labute approximate surface area is 383 Å². The summed E-state index contributed by atoms with van der Waals surface area (Å²) in [6.07, 6.45) is 69.9. The molecule has 354 valence electrons. The van der Waals surface area contributed by atoms with E-state index in [1.54, 1.807) is 0 Å². The molecule has 0 aliphatic rings. The SMILES string of the molecule is CC/C=C\C/C=C\C/C=C\C/C=C\CCCCC(=O)OCC(COCCCCCCCC/C=C\C/C=C\C/C=C\CC)OC(=O)CCCCCCC/C=C\CCCCCCCC. The van der Waals surface area contributed by atoms with Gasteiger partial charge in [0.1, 0.15) is 6.61 Å². The summed E-state index contributed by atoms with van der Waals surface area (Å²) in [5, 5.41) is 0. The molecule has 0 N–H and O–H groups in total. The summed E-state index contributed by atoms with van der Waals surface area (Å²) >= 11 is 0. The molecule has 0 aliphatic heterocycles. The lowest BCUT2D eigenvalue weighted by Gasteiger charge is -2.18. The quantitative estimate of drug-likeness (QED) is 0.0347. The lowest BCUT2D eigenvalue weighted by Crippen LogP contribution is -2.30. The normalized spacial score (nSPS) is 13.0. The molecule has 1 unspecified atom stereocenters. The van der Waals surface area contributed by atoms with Gasteiger partial charge in [-0.25, -0.2) is 0 Å². The van der Waals surface area contributed by atoms with Crippen molar-refractivity contribution in [3.63, 3.8) is 0 Å². The van der Waals surface area contributed by atoms with Gasteiger partial charge < -0.3 is 14.2 Å². The molecule has 0 aromatic carbocycles. The average Bonchev–Trinajstić information content (AvgIpc) is 3.27. The van der Waals surface area contributed by atoms with Gasteiger partial charge in [0.15, 0.2) is 6.10 Å². The first-order valence-corrected chi connectivity index (χ1v) is 25.8. The first-order chi connectivity index (χ1) is 30.6. The van der Waals surface area contributed by atoms with Crippen LogP contribution in [-0.4, -0.2) is 37.9 Å². The second-order valence-corrected chi connectivity index (χ2v) is 16.7. The van der Waals surface area contributed by atoms with Crippen molar-refractivity contribution in [1.82, 2.24) is 0 Å². The van der Waals surface area contributed by atoms with E-state index in [4.69, 9.17) is 14.2 Å². The van der Waals surface area contributed by atoms with E-state index in [1.807, 2.05) is 0 Å². The highest BCUT2D eigenvalue weighted by molar-refractivity contribution is 5.70. The topological polar surface area (TPSA) is 61.8 Å². The minimum absolute atomic E-state index is 0.0504. The molecule has 5 nitrogen and oxygen atoms in total. The van der Waals surface area contributed by atoms with E-state index in [0.29, 0.717) is 19.4 Å². The number of unbranched alkanes of at least 4 members (excludes halogenated alkanes) is 19. The summed E-state index contributed by atoms with van der Waals surface area (Å²) in [6, 6.07) is 0. The predicted molar refractivity (Wildman–Crippen MR) is 270 cm³/mol. The van der Waals surface area contributed by atoms with Gasteiger partial charge in [0.2, 0.25) is 0 Å². The molecule has 5 heteroatoms. The number of ether oxygens (including phenoxy) is 3. The molecule has 0 aliphatic carbocycles. The van der Waals surface area contributed by atoms with Gasteiger partial charge in [-0.15, -0.1) is 0 Å². The molecular formula is C57H96O5. The molecule has 1 atom stereocenters. The van der Waals surface area contributed by atoms with Crippen LogP contribution in [0.3, 0.4) is 0 Å². The Morgan fingerprint density at radius 2 is 0.726 bits per heavy atom. The number of hydrogen-bond donors (Lipinski definition) is 0. The maximum atomic E-state index is 12.8. The number of hydrogen-bond acceptors (Lipinski definition) is 5. The van der Waals surface area contributed by atoms with E-state index in [0.717, 1.165) is 109 Å². The van der Waals surface area contributed by atoms with E-state index in [2.05, 4.69) is 118 Å². The van der Waals surface area contributed by atoms with Gasteiger partial charge in [0.05, 0.1) is 6.61 Å². The molecule has 0 amide bonds. The first kappa shape index (κ1) is 58.8. The molecule has 0 fully saturated rings. The Bertz CT molecular complexity index is 1200. The first-order valence-electron chi connectivity index (χ1n) is 25.8. The zero-order valence-corrected chi connectivity index (χ0v) is 40.6. The van der Waals surface area contributed by atoms with Crippen molar-refractivity contribution < 1.29 is 23.8 Å². The highest BCUT2D eigenvalue weighted by Crippen LogP contribution is 2.13. The van der Waals surface area contributed by atoms with Crippen LogP contribution in [0, 0.1) is 0 Å². The van der Waals surface area contributed by atoms with E-state index in [9.17, 15) is 9.59 Å². The van der Waals surface area contributed by atoms with Crippen LogP contribution < -0.4 is 0 Å². The lowest BCUT2D eigenvalue weighted by molar-refractivity contribution is -0.163. The van der Waals surface area contributed by atoms with E-state index < -0.39 is 6.10 Å². The molecule has 0 saturated carbocycles. The molecule has 0 spiro atoms. The summed E-state index contributed by atoms with van der Waals surface area (Å²) in [7, 11) is 0. The molecule has 0 heterocycles. The van der Waals surface area contributed by atoms with Gasteiger partial charge in [0.25, 0.3) is 0 Å². The van der Waals surface area contributed by atoms with E-state index >= 15 is 0 Å². The van der Waals surface area contributed by atoms with Crippen LogP contribution in [0.4, 0.5) is 0 Å². The van der Waals surface area contributed by atoms with Crippen LogP contribution >= 0.6 is 0 Å². The van der Waals surface area contributed by atoms with Crippen molar-refractivity contribution in [1.29, 1.82) is 0 Å². The zero-order valence-electron chi connectivity index (χ0n) is 40.6. The van der Waals surface area contributed by atoms with Gasteiger partial charge in [-0.2, -0.15) is 0 Å². The molecule has 0 bridgehead atoms. The third-order valence-corrected chi connectivity index (χ3v) is 10.6. The Morgan fingerprint density at radius 1 is 0.371 bits per heavy atom. The number of rotatable bonds is 46. The molecule has 0 rings (SSSR count). The van der Waals surface area contributed by atoms with Crippen LogP contribution in [0.25, 0.3) is 0 Å². The Morgan fingerprint density at radius 3 is 1.21 bits per heavy atom. The molecular weight excluding hydrogens is 765 g/mol. The fourth-order valence-corrected chi connectivity index (χ4v) is 6.80. The van der Waals surface area contributed by atoms with Crippen LogP contribution in [0.1, 0.15) is 226 Å². The van der Waals surface area contributed by atoms with E-state index in [-0.39, 0.29) is 25.2 Å². The van der Waals surface area contributed by atoms with Gasteiger partial charge >= 0.3 is 11.9 Å². The van der Waals surface area contributed by atoms with Crippen LogP contribution in [-0.2, 0) is 23.8 Å². The second-order valence-electron chi connectivity index (χ2n) is 16.7. The minimum Gasteiger partial charge on any atom is -0.462 e. The number of carbonyl (C=O) groups excluding carboxylic acids is 2. The highest BCUT2D eigenvalue weighted by atomic mass is 16.6. The van der Waals surface area contributed by atoms with Gasteiger partial charge in [-0.1, -0.05) is 195 Å². The van der Waals surface area contributed by atoms with Crippen molar-refractivity contribution >= 4 is 11.9 Å². The molecule has 62 heavy (non-hydrogen) atoms. The standard InChI is InChI=1S/C57H96O5/c1-4-7-10-13-16-19-22-25-28-31-34-37-40-43-46-49-52-60-53-55(62-57(59)51-48-45-42-39-36-33-30-27-24-21-18-15-12-9-6-3)54-61-56(58)50-47-44-41-38-35-32-29-26-23-20-17-14-11-8-5-2/h7-8,10-11,16-17,19-20,25-30,35,38,55H,4-6,9,12-15,18,21-24,31-34,36-37,39-54H2,1-3H3/b10-7-,11-8-,19-16-,20-17-,28-25-,29-26-,30-27-,38-35-. The largest absolute Gasteiger partial charge is 0.462 e. The van der Waals surface area contributed by atoms with Crippen LogP contribution in [0.5, 0.6) is 0 Å². The molecule has 0 aromatic heterocycles. The number of carbonyl (C=O) groups is 2. The molecule has 0 radical (unpaired) electrons. The summed E-state index contributed by atoms with van der Waals surface area (Å²) in [5.74, 6) is -0.465. The Kier molecular flexibility index (Phi) is 49.5. The Balaban J connectivity index is 4.39. The maximum absolute atomic E-state index is 12.8.